The first kappa shape index (κ1) is 26.5. The van der Waals surface area contributed by atoms with Crippen molar-refractivity contribution in [3.8, 4) is 0 Å². The van der Waals surface area contributed by atoms with Crippen molar-refractivity contribution in [2.24, 2.45) is 0 Å². The predicted octanol–water partition coefficient (Wildman–Crippen LogP) is 7.01. The van der Waals surface area contributed by atoms with E-state index < -0.39 is 6.04 Å². The molecule has 1 aliphatic rings. The van der Waals surface area contributed by atoms with Gasteiger partial charge in [0.15, 0.2) is 0 Å². The summed E-state index contributed by atoms with van der Waals surface area (Å²) in [6.07, 6.45) is 4.21. The molecular formula is C24H26Cl4N2O2S. The number of carbonyl (C=O) groups excluding carboxylic acids is 2. The lowest BCUT2D eigenvalue weighted by Crippen LogP contribution is -2.50. The molecule has 1 N–H and O–H groups in total. The minimum Gasteiger partial charge on any atom is -0.352 e. The minimum absolute atomic E-state index is 0.125. The molecule has 0 spiro atoms. The highest BCUT2D eigenvalue weighted by Gasteiger charge is 2.28. The van der Waals surface area contributed by atoms with E-state index in [-0.39, 0.29) is 30.2 Å². The van der Waals surface area contributed by atoms with Crippen molar-refractivity contribution in [2.45, 2.75) is 57.0 Å². The standard InChI is InChI=1S/C24H26Cl4N2O2S/c1-15(24(32)29-18-4-2-3-5-18)30(12-16-6-8-19(25)21(27)10-16)23(31)14-33-13-17-7-9-20(26)22(28)11-17/h6-11,15,18H,2-5,12-14H2,1H3,(H,29,32). The number of thioether (sulfide) groups is 1. The Balaban J connectivity index is 1.68. The number of hydrogen-bond donors (Lipinski definition) is 1. The molecular weight excluding hydrogens is 522 g/mol. The zero-order valence-corrected chi connectivity index (χ0v) is 22.1. The van der Waals surface area contributed by atoms with E-state index in [0.29, 0.717) is 25.8 Å². The predicted molar refractivity (Wildman–Crippen MR) is 139 cm³/mol. The molecule has 0 saturated heterocycles. The molecule has 1 atom stereocenters. The number of nitrogens with one attached hydrogen (secondary N) is 1. The zero-order valence-electron chi connectivity index (χ0n) is 18.3. The Hall–Kier alpha value is -1.11. The van der Waals surface area contributed by atoms with Gasteiger partial charge in [0.05, 0.1) is 25.8 Å². The van der Waals surface area contributed by atoms with Gasteiger partial charge in [0.2, 0.25) is 11.8 Å². The first-order valence-electron chi connectivity index (χ1n) is 10.8. The molecule has 33 heavy (non-hydrogen) atoms. The number of nitrogens with zero attached hydrogens (tertiary/aromatic N) is 1. The van der Waals surface area contributed by atoms with E-state index in [2.05, 4.69) is 5.32 Å². The molecule has 1 fully saturated rings. The second-order valence-corrected chi connectivity index (χ2v) is 10.8. The summed E-state index contributed by atoms with van der Waals surface area (Å²) in [7, 11) is 0. The van der Waals surface area contributed by atoms with Crippen LogP contribution in [0.15, 0.2) is 36.4 Å². The van der Waals surface area contributed by atoms with E-state index in [0.717, 1.165) is 36.8 Å². The fourth-order valence-electron chi connectivity index (χ4n) is 3.78. The molecule has 0 aliphatic heterocycles. The highest BCUT2D eigenvalue weighted by Crippen LogP contribution is 2.26. The van der Waals surface area contributed by atoms with Crippen molar-refractivity contribution in [1.29, 1.82) is 0 Å². The summed E-state index contributed by atoms with van der Waals surface area (Å²) in [5, 5.41) is 4.94. The van der Waals surface area contributed by atoms with Crippen LogP contribution in [0.2, 0.25) is 20.1 Å². The molecule has 2 aromatic rings. The van der Waals surface area contributed by atoms with Gasteiger partial charge in [0.1, 0.15) is 6.04 Å². The van der Waals surface area contributed by atoms with Gasteiger partial charge in [0, 0.05) is 18.3 Å². The van der Waals surface area contributed by atoms with Gasteiger partial charge in [-0.05, 0) is 55.2 Å². The van der Waals surface area contributed by atoms with Gasteiger partial charge < -0.3 is 10.2 Å². The third kappa shape index (κ3) is 7.69. The third-order valence-electron chi connectivity index (χ3n) is 5.68. The van der Waals surface area contributed by atoms with E-state index >= 15 is 0 Å². The van der Waals surface area contributed by atoms with Gasteiger partial charge in [-0.2, -0.15) is 0 Å². The van der Waals surface area contributed by atoms with Gasteiger partial charge >= 0.3 is 0 Å². The van der Waals surface area contributed by atoms with Crippen LogP contribution in [0.4, 0.5) is 0 Å². The number of hydrogen-bond acceptors (Lipinski definition) is 3. The summed E-state index contributed by atoms with van der Waals surface area (Å²) in [6, 6.07) is 10.2. The summed E-state index contributed by atoms with van der Waals surface area (Å²) < 4.78 is 0. The van der Waals surface area contributed by atoms with Crippen LogP contribution in [0.5, 0.6) is 0 Å². The number of amides is 2. The Morgan fingerprint density at radius 1 is 0.970 bits per heavy atom. The lowest BCUT2D eigenvalue weighted by Gasteiger charge is -2.30. The van der Waals surface area contributed by atoms with Crippen molar-refractivity contribution < 1.29 is 9.59 Å². The molecule has 1 aliphatic carbocycles. The highest BCUT2D eigenvalue weighted by molar-refractivity contribution is 7.99. The lowest BCUT2D eigenvalue weighted by atomic mass is 10.1. The zero-order chi connectivity index (χ0) is 24.0. The first-order valence-corrected chi connectivity index (χ1v) is 13.5. The molecule has 3 rings (SSSR count). The normalized spacial score (nSPS) is 14.8. The van der Waals surface area contributed by atoms with Gasteiger partial charge in [-0.25, -0.2) is 0 Å². The van der Waals surface area contributed by atoms with Crippen LogP contribution in [0.25, 0.3) is 0 Å². The first-order chi connectivity index (χ1) is 15.7. The number of benzene rings is 2. The van der Waals surface area contributed by atoms with Crippen molar-refractivity contribution in [3.63, 3.8) is 0 Å². The summed E-state index contributed by atoms with van der Waals surface area (Å²) in [6.45, 7) is 2.03. The Labute approximate surface area is 219 Å². The Kier molecular flexibility index (Phi) is 10.1. The van der Waals surface area contributed by atoms with Crippen LogP contribution >= 0.6 is 58.2 Å². The molecule has 178 valence electrons. The molecule has 4 nitrogen and oxygen atoms in total. The number of carbonyl (C=O) groups is 2. The quantitative estimate of drug-likeness (QED) is 0.367. The van der Waals surface area contributed by atoms with Crippen LogP contribution in [-0.2, 0) is 21.9 Å². The molecule has 2 amide bonds. The average Bonchev–Trinajstić information content (AvgIpc) is 3.29. The van der Waals surface area contributed by atoms with Crippen LogP contribution in [0, 0.1) is 0 Å². The fourth-order valence-corrected chi connectivity index (χ4v) is 5.28. The van der Waals surface area contributed by atoms with Crippen molar-refractivity contribution in [2.75, 3.05) is 5.75 Å². The monoisotopic (exact) mass is 546 g/mol. The summed E-state index contributed by atoms with van der Waals surface area (Å²) in [4.78, 5) is 27.8. The van der Waals surface area contributed by atoms with Crippen molar-refractivity contribution >= 4 is 70.0 Å². The van der Waals surface area contributed by atoms with Gasteiger partial charge in [-0.1, -0.05) is 71.4 Å². The molecule has 1 unspecified atom stereocenters. The molecule has 0 radical (unpaired) electrons. The summed E-state index contributed by atoms with van der Waals surface area (Å²) in [5.74, 6) is 0.569. The van der Waals surface area contributed by atoms with Crippen LogP contribution in [-0.4, -0.2) is 34.6 Å². The van der Waals surface area contributed by atoms with Crippen LogP contribution in [0.1, 0.15) is 43.7 Å². The fraction of sp³-hybridized carbons (Fsp3) is 0.417. The SMILES string of the molecule is CC(C(=O)NC1CCCC1)N(Cc1ccc(Cl)c(Cl)c1)C(=O)CSCc1ccc(Cl)c(Cl)c1. The van der Waals surface area contributed by atoms with Crippen molar-refractivity contribution in [1.82, 2.24) is 10.2 Å². The molecule has 1 saturated carbocycles. The lowest BCUT2D eigenvalue weighted by molar-refractivity contribution is -0.138. The summed E-state index contributed by atoms with van der Waals surface area (Å²) in [5.41, 5.74) is 1.79. The van der Waals surface area contributed by atoms with Gasteiger partial charge in [-0.3, -0.25) is 9.59 Å². The average molecular weight is 548 g/mol. The Morgan fingerprint density at radius 2 is 1.55 bits per heavy atom. The minimum atomic E-state index is -0.613. The Bertz CT molecular complexity index is 998. The Morgan fingerprint density at radius 3 is 2.15 bits per heavy atom. The third-order valence-corrected chi connectivity index (χ3v) is 8.15. The smallest absolute Gasteiger partial charge is 0.242 e. The van der Waals surface area contributed by atoms with E-state index in [4.69, 9.17) is 46.4 Å². The van der Waals surface area contributed by atoms with Crippen molar-refractivity contribution in [3.05, 3.63) is 67.6 Å². The van der Waals surface area contributed by atoms with Gasteiger partial charge in [-0.15, -0.1) is 11.8 Å². The van der Waals surface area contributed by atoms with E-state index in [1.54, 1.807) is 36.1 Å². The van der Waals surface area contributed by atoms with E-state index in [1.807, 2.05) is 12.1 Å². The van der Waals surface area contributed by atoms with Crippen LogP contribution in [0.3, 0.4) is 0 Å². The van der Waals surface area contributed by atoms with E-state index in [1.165, 1.54) is 11.8 Å². The topological polar surface area (TPSA) is 49.4 Å². The largest absolute Gasteiger partial charge is 0.352 e. The van der Waals surface area contributed by atoms with E-state index in [9.17, 15) is 9.59 Å². The molecule has 0 bridgehead atoms. The summed E-state index contributed by atoms with van der Waals surface area (Å²) >= 11 is 25.7. The van der Waals surface area contributed by atoms with Gasteiger partial charge in [0.25, 0.3) is 0 Å². The molecule has 0 aromatic heterocycles. The highest BCUT2D eigenvalue weighted by atomic mass is 35.5. The molecule has 9 heteroatoms. The maximum absolute atomic E-state index is 13.2. The maximum Gasteiger partial charge on any atom is 0.242 e. The maximum atomic E-state index is 13.2. The molecule has 0 heterocycles. The number of halogens is 4. The second kappa shape index (κ2) is 12.6. The second-order valence-electron chi connectivity index (χ2n) is 8.18. The number of rotatable bonds is 9. The molecule has 2 aromatic carbocycles. The van der Waals surface area contributed by atoms with Crippen LogP contribution < -0.4 is 5.32 Å².